The number of rotatable bonds is 46. The molecule has 7 aromatic carbocycles. The molecule has 17 nitrogen and oxygen atoms in total. The van der Waals surface area contributed by atoms with Crippen LogP contribution in [0.5, 0.6) is 0 Å². The smallest absolute Gasteiger partial charge is 0.165 e. The number of fused-ring (bicyclic) bond motifs is 6. The fourth-order valence-corrected chi connectivity index (χ4v) is 16.4. The Labute approximate surface area is 757 Å². The molecule has 676 valence electrons. The molecule has 0 atom stereocenters. The minimum atomic E-state index is 0.123. The van der Waals surface area contributed by atoms with Crippen LogP contribution in [-0.2, 0) is 67.3 Å². The van der Waals surface area contributed by atoms with Gasteiger partial charge in [-0.15, -0.1) is 0 Å². The van der Waals surface area contributed by atoms with Crippen molar-refractivity contribution in [2.24, 2.45) is 0 Å². The Morgan fingerprint density at radius 1 is 0.250 bits per heavy atom. The first-order valence-electron chi connectivity index (χ1n) is 46.7. The summed E-state index contributed by atoms with van der Waals surface area (Å²) in [6.07, 6.45) is 38.0. The topological polar surface area (TPSA) is 275 Å². The highest BCUT2D eigenvalue weighted by atomic mass is 16.2. The van der Waals surface area contributed by atoms with Gasteiger partial charge in [-0.3, -0.25) is 43.7 Å². The Morgan fingerprint density at radius 3 is 0.875 bits per heavy atom. The van der Waals surface area contributed by atoms with Gasteiger partial charge < -0.3 is 38.7 Å². The molecule has 2 N–H and O–H groups in total. The molecule has 0 bridgehead atoms. The third-order valence-electron chi connectivity index (χ3n) is 22.9. The summed E-state index contributed by atoms with van der Waals surface area (Å²) >= 11 is 0. The van der Waals surface area contributed by atoms with Crippen LogP contribution in [0.1, 0.15) is 358 Å². The van der Waals surface area contributed by atoms with Crippen LogP contribution in [0.25, 0.3) is 65.0 Å². The molecule has 0 saturated heterocycles. The van der Waals surface area contributed by atoms with Crippen LogP contribution in [-0.4, -0.2) is 94.3 Å². The van der Waals surface area contributed by atoms with E-state index in [0.717, 1.165) is 234 Å². The lowest BCUT2D eigenvalue weighted by atomic mass is 9.93. The molecule has 0 spiro atoms. The van der Waals surface area contributed by atoms with Crippen molar-refractivity contribution in [3.63, 3.8) is 0 Å². The van der Waals surface area contributed by atoms with Crippen molar-refractivity contribution < 1.29 is 57.5 Å². The summed E-state index contributed by atoms with van der Waals surface area (Å²) in [5.74, 6) is 2.08. The van der Waals surface area contributed by atoms with Gasteiger partial charge in [0.15, 0.2) is 34.7 Å². The Hall–Kier alpha value is -11.9. The number of aryl methyl sites for hydroxylation is 6. The number of carbonyl (C=O) groups is 12. The summed E-state index contributed by atoms with van der Waals surface area (Å²) < 4.78 is 0. The number of hydrogen-bond donors (Lipinski definition) is 2. The third-order valence-corrected chi connectivity index (χ3v) is 22.9. The molecule has 0 aliphatic heterocycles. The molecule has 5 aromatic heterocycles. The van der Waals surface area contributed by atoms with Gasteiger partial charge in [0.05, 0.1) is 5.52 Å². The van der Waals surface area contributed by atoms with Gasteiger partial charge >= 0.3 is 0 Å². The average molecular weight is 1730 g/mol. The molecular formula is C111H135N5O12. The van der Waals surface area contributed by atoms with Crippen LogP contribution in [0.15, 0.2) is 177 Å². The van der Waals surface area contributed by atoms with E-state index >= 15 is 0 Å². The van der Waals surface area contributed by atoms with E-state index in [0.29, 0.717) is 82.6 Å². The predicted octanol–water partition coefficient (Wildman–Crippen LogP) is 26.8. The number of nitrogens with one attached hydrogen (secondary N) is 2. The molecule has 0 fully saturated rings. The van der Waals surface area contributed by atoms with Gasteiger partial charge in [0.1, 0.15) is 34.7 Å². The number of pyridine rings is 3. The van der Waals surface area contributed by atoms with Gasteiger partial charge in [0.2, 0.25) is 0 Å². The van der Waals surface area contributed by atoms with Crippen molar-refractivity contribution in [3.8, 4) is 0 Å². The number of ketones is 12. The van der Waals surface area contributed by atoms with Gasteiger partial charge in [-0.25, -0.2) is 0 Å². The van der Waals surface area contributed by atoms with Crippen LogP contribution in [0.3, 0.4) is 0 Å². The standard InChI is InChI=1S/C20H24O2.2C19H23NO2.C18H21NO2.C18H23NO2.C17H21NO2/c1-3-8-16-10-6-11-17-12-7-13-18(20(16)17)19(22)14-5-4-9-15(2)21;1-3-7-15-9-6-10-16-12-20-13-17(19(15)16)18(22)11-5-4-8-14(2)21;1-3-7-15-9-6-10-17-19(15)16(12-13-20-17)18(22)11-5-4-8-14(2)21;1-3-14-8-6-9-15-11-19-12-16(18(14)15)17(21)10-5-4-7-13(2)20;1-3-7-14-9-6-10-16-18(14)15(12-19-16)17(21)11-5-4-8-13(2)20;1-3-13-8-6-9-15-17(13)14(11-18-15)16(20)10-5-4-7-12(2)19/h6-7,10-13H,3-5,8-9,14H2,1-2H3;2*6,9-10,12-13H,3-5,7-8,11H2,1-2H3;6,8-9,11-12H,3-5,7,10H2,1-2H3;6,9-10,12,19H,3-5,7-8,11H2,1-2H3;6,8-9,11,18H,3-5,7,10H2,1-2H3. The molecule has 0 amide bonds. The summed E-state index contributed by atoms with van der Waals surface area (Å²) in [5, 5.41) is 9.53. The number of H-pyrrole nitrogens is 2. The van der Waals surface area contributed by atoms with E-state index in [4.69, 9.17) is 0 Å². The van der Waals surface area contributed by atoms with E-state index in [1.807, 2.05) is 97.5 Å². The normalized spacial score (nSPS) is 10.8. The zero-order chi connectivity index (χ0) is 92.9. The first-order valence-corrected chi connectivity index (χ1v) is 46.7. The zero-order valence-corrected chi connectivity index (χ0v) is 78.0. The minimum absolute atomic E-state index is 0.123. The summed E-state index contributed by atoms with van der Waals surface area (Å²) in [4.78, 5) is 160. The van der Waals surface area contributed by atoms with Gasteiger partial charge in [0, 0.05) is 192 Å². The monoisotopic (exact) mass is 1730 g/mol. The molecule has 0 aliphatic rings. The number of Topliss-reactive ketones (excluding diaryl/α,β-unsaturated/α-hetero) is 12. The molecule has 0 saturated carbocycles. The van der Waals surface area contributed by atoms with Crippen molar-refractivity contribution in [2.45, 2.75) is 301 Å². The van der Waals surface area contributed by atoms with Crippen LogP contribution in [0, 0.1) is 0 Å². The lowest BCUT2D eigenvalue weighted by Gasteiger charge is -2.10. The molecule has 12 rings (SSSR count). The maximum atomic E-state index is 12.6. The largest absolute Gasteiger partial charge is 0.360 e. The Morgan fingerprint density at radius 2 is 0.516 bits per heavy atom. The minimum Gasteiger partial charge on any atom is -0.360 e. The summed E-state index contributed by atoms with van der Waals surface area (Å²) in [7, 11) is 0. The van der Waals surface area contributed by atoms with Gasteiger partial charge in [0.25, 0.3) is 0 Å². The second kappa shape index (κ2) is 55.7. The highest BCUT2D eigenvalue weighted by molar-refractivity contribution is 6.13. The maximum Gasteiger partial charge on any atom is 0.165 e. The van der Waals surface area contributed by atoms with Crippen molar-refractivity contribution in [1.82, 2.24) is 24.9 Å². The van der Waals surface area contributed by atoms with Gasteiger partial charge in [-0.1, -0.05) is 176 Å². The molecule has 0 radical (unpaired) electrons. The molecule has 0 unspecified atom stereocenters. The van der Waals surface area contributed by atoms with Crippen molar-refractivity contribution in [2.75, 3.05) is 0 Å². The summed E-state index contributed by atoms with van der Waals surface area (Å²) in [6, 6.07) is 44.5. The van der Waals surface area contributed by atoms with E-state index in [1.165, 1.54) is 33.4 Å². The van der Waals surface area contributed by atoms with Crippen molar-refractivity contribution >= 4 is 134 Å². The van der Waals surface area contributed by atoms with E-state index in [-0.39, 0.29) is 69.4 Å². The van der Waals surface area contributed by atoms with E-state index in [1.54, 1.807) is 66.3 Å². The van der Waals surface area contributed by atoms with E-state index in [2.05, 4.69) is 121 Å². The number of aromatic amines is 2. The fourth-order valence-electron chi connectivity index (χ4n) is 16.4. The molecule has 12 aromatic rings. The number of benzene rings is 7. The number of aromatic nitrogens is 5. The third kappa shape index (κ3) is 32.5. The summed E-state index contributed by atoms with van der Waals surface area (Å²) in [6.45, 7) is 22.3. The van der Waals surface area contributed by atoms with E-state index < -0.39 is 0 Å². The number of carbonyl (C=O) groups excluding carboxylic acids is 12. The van der Waals surface area contributed by atoms with Gasteiger partial charge in [-0.2, -0.15) is 0 Å². The zero-order valence-electron chi connectivity index (χ0n) is 78.0. The fraction of sp³-hybridized carbons (Fsp3) is 0.414. The van der Waals surface area contributed by atoms with Crippen LogP contribution in [0.2, 0.25) is 0 Å². The predicted molar refractivity (Wildman–Crippen MR) is 521 cm³/mol. The molecular weight excluding hydrogens is 1600 g/mol. The second-order valence-corrected chi connectivity index (χ2v) is 33.7. The first kappa shape index (κ1) is 103. The molecule has 0 aliphatic carbocycles. The molecule has 17 heteroatoms. The van der Waals surface area contributed by atoms with Crippen LogP contribution in [0.4, 0.5) is 0 Å². The SMILES string of the molecule is CCCc1cccc2[nH]cc(C(=O)CCCCC(C)=O)c12.CCCc1cccc2cccc(C(=O)CCCCC(C)=O)c12.CCCc1cccc2cncc(C(=O)CCCCC(C)=O)c12.CCCc1cccc2nccc(C(=O)CCCCC(C)=O)c12.CCc1cccc2[nH]cc(C(=O)CCCCC(C)=O)c12.CCc1cccc2cncc(C(=O)CCCCC(C)=O)c12. The number of nitrogens with zero attached hydrogens (tertiary/aromatic N) is 3. The second-order valence-electron chi connectivity index (χ2n) is 33.7. The van der Waals surface area contributed by atoms with Crippen LogP contribution < -0.4 is 0 Å². The highest BCUT2D eigenvalue weighted by Crippen LogP contribution is 2.32. The Balaban J connectivity index is 0.000000210. The molecule has 5 heterocycles. The lowest BCUT2D eigenvalue weighted by Crippen LogP contribution is -2.03. The van der Waals surface area contributed by atoms with Gasteiger partial charge in [-0.05, 0) is 236 Å². The summed E-state index contributed by atoms with van der Waals surface area (Å²) in [5.41, 5.74) is 14.9. The molecule has 128 heavy (non-hydrogen) atoms. The number of unbranched alkanes of at least 4 members (excludes halogenated alkanes) is 6. The first-order chi connectivity index (χ1) is 61.8. The highest BCUT2D eigenvalue weighted by Gasteiger charge is 2.21. The Kier molecular flexibility index (Phi) is 44.9. The lowest BCUT2D eigenvalue weighted by molar-refractivity contribution is -0.117. The number of hydrogen-bond acceptors (Lipinski definition) is 15. The van der Waals surface area contributed by atoms with Crippen LogP contribution >= 0.6 is 0 Å². The van der Waals surface area contributed by atoms with Crippen molar-refractivity contribution in [3.05, 3.63) is 244 Å². The maximum absolute atomic E-state index is 12.6. The van der Waals surface area contributed by atoms with Crippen molar-refractivity contribution in [1.29, 1.82) is 0 Å². The van der Waals surface area contributed by atoms with E-state index in [9.17, 15) is 57.5 Å². The Bertz CT molecular complexity index is 5460. The average Bonchev–Trinajstić information content (AvgIpc) is 1.23. The quantitative estimate of drug-likeness (QED) is 0.0265.